The number of alkyl halides is 3. The smallest absolute Gasteiger partial charge is 0.383 e. The Morgan fingerprint density at radius 1 is 1.20 bits per heavy atom. The zero-order valence-corrected chi connectivity index (χ0v) is 16.6. The van der Waals surface area contributed by atoms with Crippen LogP contribution in [0, 0.1) is 0 Å². The van der Waals surface area contributed by atoms with Crippen LogP contribution in [0.15, 0.2) is 48.5 Å². The Balaban J connectivity index is 1.87. The molecule has 3 N–H and O–H groups in total. The standard InChI is InChI=1S/C21H23F3N4O2/c1-13(12-30-2)25-19(29)11-18(14-6-5-7-15(10-14)21(22,23)24)28-20-26-16-8-3-4-9-17(16)27-20/h3-10,13,18H,11-12H2,1-2H3,(H,25,29)(H2,26,27,28). The third kappa shape index (κ3) is 5.50. The van der Waals surface area contributed by atoms with Gasteiger partial charge in [0.2, 0.25) is 11.9 Å². The first-order valence-corrected chi connectivity index (χ1v) is 9.43. The number of hydrogen-bond donors (Lipinski definition) is 3. The molecule has 1 amide bonds. The minimum atomic E-state index is -4.48. The Hall–Kier alpha value is -3.07. The van der Waals surface area contributed by atoms with E-state index < -0.39 is 17.8 Å². The fraction of sp³-hybridized carbons (Fsp3) is 0.333. The molecule has 2 atom stereocenters. The van der Waals surface area contributed by atoms with E-state index in [1.165, 1.54) is 13.2 Å². The number of fused-ring (bicyclic) bond motifs is 1. The van der Waals surface area contributed by atoms with Crippen molar-refractivity contribution < 1.29 is 22.7 Å². The lowest BCUT2D eigenvalue weighted by Gasteiger charge is -2.21. The topological polar surface area (TPSA) is 79.0 Å². The summed E-state index contributed by atoms with van der Waals surface area (Å²) in [7, 11) is 1.53. The maximum Gasteiger partial charge on any atom is 0.416 e. The van der Waals surface area contributed by atoms with Crippen LogP contribution in [0.5, 0.6) is 0 Å². The van der Waals surface area contributed by atoms with Gasteiger partial charge in [0.25, 0.3) is 0 Å². The maximum absolute atomic E-state index is 13.2. The van der Waals surface area contributed by atoms with Crippen LogP contribution in [-0.4, -0.2) is 35.6 Å². The molecule has 160 valence electrons. The molecule has 0 bridgehead atoms. The predicted molar refractivity (Wildman–Crippen MR) is 108 cm³/mol. The second-order valence-electron chi connectivity index (χ2n) is 7.05. The number of carbonyl (C=O) groups is 1. The van der Waals surface area contributed by atoms with Crippen molar-refractivity contribution in [2.24, 2.45) is 0 Å². The van der Waals surface area contributed by atoms with Crippen molar-refractivity contribution in [3.63, 3.8) is 0 Å². The van der Waals surface area contributed by atoms with Gasteiger partial charge in [0.15, 0.2) is 0 Å². The van der Waals surface area contributed by atoms with Crippen LogP contribution in [0.1, 0.15) is 30.5 Å². The molecule has 0 aliphatic carbocycles. The van der Waals surface area contributed by atoms with Gasteiger partial charge in [-0.25, -0.2) is 4.98 Å². The first-order valence-electron chi connectivity index (χ1n) is 9.43. The molecule has 0 radical (unpaired) electrons. The number of hydrogen-bond acceptors (Lipinski definition) is 4. The summed E-state index contributed by atoms with van der Waals surface area (Å²) < 4.78 is 44.6. The highest BCUT2D eigenvalue weighted by Crippen LogP contribution is 2.32. The summed E-state index contributed by atoms with van der Waals surface area (Å²) in [5.74, 6) is 0.0573. The molecule has 0 fully saturated rings. The molecule has 3 aromatic rings. The minimum Gasteiger partial charge on any atom is -0.383 e. The Labute approximate surface area is 171 Å². The van der Waals surface area contributed by atoms with E-state index in [9.17, 15) is 18.0 Å². The number of nitrogens with zero attached hydrogens (tertiary/aromatic N) is 1. The lowest BCUT2D eigenvalue weighted by atomic mass is 10.0. The van der Waals surface area contributed by atoms with Crippen molar-refractivity contribution in [3.8, 4) is 0 Å². The van der Waals surface area contributed by atoms with Gasteiger partial charge in [-0.1, -0.05) is 24.3 Å². The van der Waals surface area contributed by atoms with E-state index in [1.807, 2.05) is 24.3 Å². The molecule has 2 unspecified atom stereocenters. The Morgan fingerprint density at radius 2 is 1.97 bits per heavy atom. The zero-order chi connectivity index (χ0) is 21.7. The van der Waals surface area contributed by atoms with Crippen molar-refractivity contribution in [1.29, 1.82) is 0 Å². The molecule has 0 aliphatic rings. The molecule has 9 heteroatoms. The number of ether oxygens (including phenoxy) is 1. The third-order valence-electron chi connectivity index (χ3n) is 4.53. The number of nitrogens with one attached hydrogen (secondary N) is 3. The van der Waals surface area contributed by atoms with Gasteiger partial charge in [-0.15, -0.1) is 0 Å². The van der Waals surface area contributed by atoms with E-state index in [1.54, 1.807) is 13.0 Å². The molecular formula is C21H23F3N4O2. The first kappa shape index (κ1) is 21.6. The van der Waals surface area contributed by atoms with Gasteiger partial charge in [0.05, 0.1) is 35.7 Å². The molecule has 30 heavy (non-hydrogen) atoms. The highest BCUT2D eigenvalue weighted by atomic mass is 19.4. The lowest BCUT2D eigenvalue weighted by Crippen LogP contribution is -2.37. The van der Waals surface area contributed by atoms with Crippen LogP contribution in [0.25, 0.3) is 11.0 Å². The van der Waals surface area contributed by atoms with Crippen LogP contribution in [-0.2, 0) is 15.7 Å². The van der Waals surface area contributed by atoms with E-state index in [-0.39, 0.29) is 18.4 Å². The summed E-state index contributed by atoms with van der Waals surface area (Å²) in [6, 6.07) is 11.3. The summed E-state index contributed by atoms with van der Waals surface area (Å²) in [6.45, 7) is 2.12. The quantitative estimate of drug-likeness (QED) is 0.508. The first-order chi connectivity index (χ1) is 14.3. The summed E-state index contributed by atoms with van der Waals surface area (Å²) in [6.07, 6.45) is -4.55. The molecule has 2 aromatic carbocycles. The minimum absolute atomic E-state index is 0.0770. The summed E-state index contributed by atoms with van der Waals surface area (Å²) >= 11 is 0. The predicted octanol–water partition coefficient (Wildman–Crippen LogP) is 4.28. The number of methoxy groups -OCH3 is 1. The molecular weight excluding hydrogens is 397 g/mol. The van der Waals surface area contributed by atoms with E-state index in [2.05, 4.69) is 20.6 Å². The third-order valence-corrected chi connectivity index (χ3v) is 4.53. The van der Waals surface area contributed by atoms with Crippen LogP contribution in [0.2, 0.25) is 0 Å². The van der Waals surface area contributed by atoms with E-state index in [4.69, 9.17) is 4.74 Å². The normalized spacial score (nSPS) is 13.8. The molecule has 1 heterocycles. The molecule has 3 rings (SSSR count). The monoisotopic (exact) mass is 420 g/mol. The van der Waals surface area contributed by atoms with Crippen LogP contribution < -0.4 is 10.6 Å². The number of halogens is 3. The fourth-order valence-electron chi connectivity index (χ4n) is 3.18. The van der Waals surface area contributed by atoms with Crippen LogP contribution in [0.4, 0.5) is 19.1 Å². The molecule has 0 aliphatic heterocycles. The Bertz CT molecular complexity index is 970. The van der Waals surface area contributed by atoms with Gasteiger partial charge >= 0.3 is 6.18 Å². The number of carbonyl (C=O) groups excluding carboxylic acids is 1. The average molecular weight is 420 g/mol. The highest BCUT2D eigenvalue weighted by molar-refractivity contribution is 5.79. The van der Waals surface area contributed by atoms with Gasteiger partial charge in [-0.05, 0) is 36.8 Å². The van der Waals surface area contributed by atoms with E-state index in [0.717, 1.165) is 17.6 Å². The van der Waals surface area contributed by atoms with Crippen LogP contribution in [0.3, 0.4) is 0 Å². The van der Waals surface area contributed by atoms with Crippen molar-refractivity contribution in [3.05, 3.63) is 59.7 Å². The number of imidazole rings is 1. The molecule has 0 spiro atoms. The van der Waals surface area contributed by atoms with Crippen molar-refractivity contribution in [2.75, 3.05) is 19.0 Å². The number of H-pyrrole nitrogens is 1. The maximum atomic E-state index is 13.2. The van der Waals surface area contributed by atoms with Crippen molar-refractivity contribution in [1.82, 2.24) is 15.3 Å². The highest BCUT2D eigenvalue weighted by Gasteiger charge is 2.31. The van der Waals surface area contributed by atoms with E-state index in [0.29, 0.717) is 23.6 Å². The molecule has 0 saturated heterocycles. The van der Waals surface area contributed by atoms with Gasteiger partial charge in [0, 0.05) is 13.2 Å². The summed E-state index contributed by atoms with van der Waals surface area (Å²) in [5.41, 5.74) is 1.05. The lowest BCUT2D eigenvalue weighted by molar-refractivity contribution is -0.137. The average Bonchev–Trinajstić information content (AvgIpc) is 3.09. The summed E-state index contributed by atoms with van der Waals surface area (Å²) in [4.78, 5) is 20.0. The molecule has 1 aromatic heterocycles. The van der Waals surface area contributed by atoms with Crippen molar-refractivity contribution in [2.45, 2.75) is 31.6 Å². The zero-order valence-electron chi connectivity index (χ0n) is 16.6. The van der Waals surface area contributed by atoms with Crippen molar-refractivity contribution >= 4 is 22.9 Å². The number of benzene rings is 2. The number of aromatic nitrogens is 2. The second kappa shape index (κ2) is 9.17. The van der Waals surface area contributed by atoms with Crippen LogP contribution >= 0.6 is 0 Å². The van der Waals surface area contributed by atoms with Gasteiger partial charge in [0.1, 0.15) is 0 Å². The van der Waals surface area contributed by atoms with E-state index >= 15 is 0 Å². The van der Waals surface area contributed by atoms with Gasteiger partial charge in [-0.2, -0.15) is 13.2 Å². The van der Waals surface area contributed by atoms with Gasteiger partial charge < -0.3 is 20.4 Å². The SMILES string of the molecule is COCC(C)NC(=O)CC(Nc1nc2ccccc2[nH]1)c1cccc(C(F)(F)F)c1. The number of anilines is 1. The second-order valence-corrected chi connectivity index (χ2v) is 7.05. The fourth-order valence-corrected chi connectivity index (χ4v) is 3.18. The number of para-hydroxylation sites is 2. The molecule has 6 nitrogen and oxygen atoms in total. The Morgan fingerprint density at radius 3 is 2.67 bits per heavy atom. The Kier molecular flexibility index (Phi) is 6.61. The van der Waals surface area contributed by atoms with Gasteiger partial charge in [-0.3, -0.25) is 4.79 Å². The molecule has 0 saturated carbocycles. The number of amides is 1. The number of aromatic amines is 1. The number of rotatable bonds is 8. The summed E-state index contributed by atoms with van der Waals surface area (Å²) in [5, 5.41) is 5.85. The largest absolute Gasteiger partial charge is 0.416 e.